The number of aromatic nitrogens is 1. The summed E-state index contributed by atoms with van der Waals surface area (Å²) in [7, 11) is 5.54. The van der Waals surface area contributed by atoms with Crippen LogP contribution in [0.5, 0.6) is 0 Å². The Kier molecular flexibility index (Phi) is 8.14. The normalized spacial score (nSPS) is 23.8. The Bertz CT molecular complexity index is 1130. The van der Waals surface area contributed by atoms with E-state index in [4.69, 9.17) is 10.6 Å². The van der Waals surface area contributed by atoms with Crippen molar-refractivity contribution in [3.8, 4) is 0 Å². The molecule has 202 valence electrons. The first-order valence-electron chi connectivity index (χ1n) is 12.4. The second kappa shape index (κ2) is 11.0. The Balaban J connectivity index is 1.50. The van der Waals surface area contributed by atoms with Crippen molar-refractivity contribution in [2.45, 2.75) is 56.5 Å². The molecule has 1 aromatic rings. The Hall–Kier alpha value is -2.64. The van der Waals surface area contributed by atoms with Crippen molar-refractivity contribution in [2.24, 2.45) is 11.1 Å². The SMILES string of the molecule is CO/N=C(\C(=O)N[C@@H]1C(=O)N2C(C(=O)[O-])=C(C[N+](C)(C)C(C)C3CCCCC3)CSC12)c1csc(N)n1. The number of quaternary nitrogens is 1. The molecule has 13 heteroatoms. The van der Waals surface area contributed by atoms with E-state index in [0.717, 1.165) is 11.3 Å². The average Bonchev–Trinajstić information content (AvgIpc) is 3.30. The summed E-state index contributed by atoms with van der Waals surface area (Å²) in [5.41, 5.74) is 6.40. The number of fused-ring (bicyclic) bond motifs is 1. The average molecular weight is 551 g/mol. The molecule has 37 heavy (non-hydrogen) atoms. The maximum atomic E-state index is 13.1. The van der Waals surface area contributed by atoms with Crippen LogP contribution in [0.2, 0.25) is 0 Å². The Labute approximate surface area is 224 Å². The molecular formula is C24H34N6O5S2. The second-order valence-electron chi connectivity index (χ2n) is 10.4. The topological polar surface area (TPSA) is 150 Å². The number of nitrogens with two attached hydrogens (primary N) is 1. The number of thioether (sulfide) groups is 1. The van der Waals surface area contributed by atoms with Crippen LogP contribution in [-0.4, -0.2) is 88.8 Å². The fourth-order valence-corrected chi connectivity index (χ4v) is 7.40. The zero-order valence-corrected chi connectivity index (χ0v) is 23.2. The molecule has 2 fully saturated rings. The van der Waals surface area contributed by atoms with Crippen LogP contribution in [0.25, 0.3) is 0 Å². The predicted molar refractivity (Wildman–Crippen MR) is 140 cm³/mol. The molecule has 0 aromatic carbocycles. The van der Waals surface area contributed by atoms with E-state index in [1.54, 1.807) is 5.38 Å². The number of rotatable bonds is 9. The minimum Gasteiger partial charge on any atom is -0.543 e. The lowest BCUT2D eigenvalue weighted by molar-refractivity contribution is -0.912. The molecule has 11 nitrogen and oxygen atoms in total. The van der Waals surface area contributed by atoms with Gasteiger partial charge in [0.2, 0.25) is 0 Å². The van der Waals surface area contributed by atoms with Gasteiger partial charge < -0.3 is 30.3 Å². The third-order valence-electron chi connectivity index (χ3n) is 7.72. The van der Waals surface area contributed by atoms with Crippen LogP contribution < -0.4 is 16.2 Å². The highest BCUT2D eigenvalue weighted by Crippen LogP contribution is 2.41. The van der Waals surface area contributed by atoms with E-state index in [0.29, 0.717) is 34.3 Å². The number of nitrogen functional groups attached to an aromatic ring is 1. The van der Waals surface area contributed by atoms with E-state index < -0.39 is 29.2 Å². The van der Waals surface area contributed by atoms with Gasteiger partial charge in [-0.15, -0.1) is 23.1 Å². The van der Waals surface area contributed by atoms with E-state index in [1.165, 1.54) is 55.9 Å². The monoisotopic (exact) mass is 550 g/mol. The number of carbonyl (C=O) groups excluding carboxylic acids is 3. The first-order chi connectivity index (χ1) is 17.5. The highest BCUT2D eigenvalue weighted by molar-refractivity contribution is 8.00. The van der Waals surface area contributed by atoms with Crippen LogP contribution in [-0.2, 0) is 19.2 Å². The van der Waals surface area contributed by atoms with Crippen molar-refractivity contribution in [1.29, 1.82) is 0 Å². The van der Waals surface area contributed by atoms with Crippen molar-refractivity contribution < 1.29 is 28.8 Å². The Morgan fingerprint density at radius 2 is 2.05 bits per heavy atom. The highest BCUT2D eigenvalue weighted by Gasteiger charge is 2.53. The van der Waals surface area contributed by atoms with E-state index in [1.807, 2.05) is 0 Å². The fourth-order valence-electron chi connectivity index (χ4n) is 5.52. The molecule has 0 spiro atoms. The van der Waals surface area contributed by atoms with Gasteiger partial charge in [0.15, 0.2) is 10.8 Å². The van der Waals surface area contributed by atoms with Crippen LogP contribution in [0.3, 0.4) is 0 Å². The molecular weight excluding hydrogens is 516 g/mol. The number of aliphatic carboxylic acids is 1. The van der Waals surface area contributed by atoms with Crippen molar-refractivity contribution >= 4 is 51.7 Å². The molecule has 3 N–H and O–H groups in total. The van der Waals surface area contributed by atoms with Crippen LogP contribution in [0.15, 0.2) is 21.8 Å². The summed E-state index contributed by atoms with van der Waals surface area (Å²) in [5.74, 6) is -1.49. The number of nitrogens with zero attached hydrogens (tertiary/aromatic N) is 4. The predicted octanol–water partition coefficient (Wildman–Crippen LogP) is 0.525. The van der Waals surface area contributed by atoms with Gasteiger partial charge in [-0.1, -0.05) is 24.4 Å². The van der Waals surface area contributed by atoms with Gasteiger partial charge in [0.1, 0.15) is 30.8 Å². The molecule has 2 aliphatic heterocycles. The number of likely N-dealkylation sites (N-methyl/N-ethyl adjacent to an activating group) is 1. The Morgan fingerprint density at radius 3 is 2.65 bits per heavy atom. The summed E-state index contributed by atoms with van der Waals surface area (Å²) in [4.78, 5) is 48.4. The number of anilines is 1. The maximum Gasteiger partial charge on any atom is 0.276 e. The van der Waals surface area contributed by atoms with Gasteiger partial charge in [0, 0.05) is 22.6 Å². The molecule has 1 saturated heterocycles. The van der Waals surface area contributed by atoms with Gasteiger partial charge >= 0.3 is 0 Å². The number of hydrogen-bond acceptors (Lipinski definition) is 10. The van der Waals surface area contributed by atoms with Crippen LogP contribution in [0.1, 0.15) is 44.7 Å². The maximum absolute atomic E-state index is 13.1. The summed E-state index contributed by atoms with van der Waals surface area (Å²) >= 11 is 2.58. The van der Waals surface area contributed by atoms with Gasteiger partial charge in [-0.3, -0.25) is 14.5 Å². The van der Waals surface area contributed by atoms with Gasteiger partial charge in [-0.25, -0.2) is 4.98 Å². The standard InChI is InChI=1S/C24H34N6O5S2/c1-13(14-8-6-5-7-9-14)30(2,3)10-15-11-36-22-18(21(32)29(22)19(15)23(33)34)27-20(31)17(28-35-4)16-12-37-24(25)26-16/h12-14,18,22H,5-11H2,1-4H3,(H3-,25,26,27,31,33,34)/b28-17-/t13?,18-,22?/m1/s1. The van der Waals surface area contributed by atoms with E-state index in [9.17, 15) is 19.5 Å². The highest BCUT2D eigenvalue weighted by atomic mass is 32.2. The van der Waals surface area contributed by atoms with Crippen LogP contribution in [0, 0.1) is 5.92 Å². The number of carboxylic acids is 1. The Morgan fingerprint density at radius 1 is 1.35 bits per heavy atom. The number of nitrogens with one attached hydrogen (secondary N) is 1. The molecule has 1 saturated carbocycles. The van der Waals surface area contributed by atoms with Gasteiger partial charge in [0.25, 0.3) is 11.8 Å². The van der Waals surface area contributed by atoms with Gasteiger partial charge in [-0.2, -0.15) is 0 Å². The molecule has 2 amide bonds. The van der Waals surface area contributed by atoms with E-state index >= 15 is 0 Å². The lowest BCUT2D eigenvalue weighted by Gasteiger charge is -2.51. The summed E-state index contributed by atoms with van der Waals surface area (Å²) in [6.07, 6.45) is 6.14. The number of oxime groups is 1. The summed E-state index contributed by atoms with van der Waals surface area (Å²) in [5, 5.41) is 19.9. The number of thiazole rings is 1. The first-order valence-corrected chi connectivity index (χ1v) is 14.3. The third-order valence-corrected chi connectivity index (χ3v) is 9.74. The van der Waals surface area contributed by atoms with Gasteiger partial charge in [-0.05, 0) is 19.8 Å². The molecule has 3 atom stereocenters. The quantitative estimate of drug-likeness (QED) is 0.196. The molecule has 3 heterocycles. The summed E-state index contributed by atoms with van der Waals surface area (Å²) in [6.45, 7) is 2.75. The molecule has 0 bridgehead atoms. The minimum absolute atomic E-state index is 0.0700. The van der Waals surface area contributed by atoms with Crippen molar-refractivity contribution in [3.63, 3.8) is 0 Å². The van der Waals surface area contributed by atoms with Crippen molar-refractivity contribution in [2.75, 3.05) is 39.2 Å². The first kappa shape index (κ1) is 27.4. The summed E-state index contributed by atoms with van der Waals surface area (Å²) in [6, 6.07) is -0.550. The smallest absolute Gasteiger partial charge is 0.276 e. The number of β-lactam (4-membered cyclic amide) rings is 1. The fraction of sp³-hybridized carbons (Fsp3) is 0.625. The molecule has 2 unspecified atom stereocenters. The van der Waals surface area contributed by atoms with Crippen LogP contribution >= 0.6 is 23.1 Å². The van der Waals surface area contributed by atoms with Crippen LogP contribution in [0.4, 0.5) is 5.13 Å². The number of hydrogen-bond donors (Lipinski definition) is 2. The van der Waals surface area contributed by atoms with Gasteiger partial charge in [0.05, 0.1) is 31.8 Å². The van der Waals surface area contributed by atoms with E-state index in [2.05, 4.69) is 36.5 Å². The van der Waals surface area contributed by atoms with Crippen molar-refractivity contribution in [1.82, 2.24) is 15.2 Å². The second-order valence-corrected chi connectivity index (χ2v) is 12.4. The molecule has 0 radical (unpaired) electrons. The minimum atomic E-state index is -1.37. The number of amides is 2. The molecule has 1 aromatic heterocycles. The summed E-state index contributed by atoms with van der Waals surface area (Å²) < 4.78 is 0.637. The zero-order valence-electron chi connectivity index (χ0n) is 21.6. The molecule has 1 aliphatic carbocycles. The largest absolute Gasteiger partial charge is 0.543 e. The number of carboxylic acid groups (broad SMARTS) is 1. The third kappa shape index (κ3) is 5.48. The lowest BCUT2D eigenvalue weighted by Crippen LogP contribution is -2.72. The molecule has 3 aliphatic rings. The van der Waals surface area contributed by atoms with E-state index in [-0.39, 0.29) is 22.2 Å². The molecule has 4 rings (SSSR count). The zero-order chi connectivity index (χ0) is 26.9. The number of carbonyl (C=O) groups is 3. The van der Waals surface area contributed by atoms with Crippen molar-refractivity contribution in [3.05, 3.63) is 22.3 Å². The lowest BCUT2D eigenvalue weighted by atomic mass is 9.83.